The van der Waals surface area contributed by atoms with Gasteiger partial charge in [0.25, 0.3) is 0 Å². The molecule has 0 spiro atoms. The van der Waals surface area contributed by atoms with Gasteiger partial charge in [0, 0.05) is 0 Å². The fourth-order valence-electron chi connectivity index (χ4n) is 1.26. The quantitative estimate of drug-likeness (QED) is 0.276. The molecule has 2 atom stereocenters. The Hall–Kier alpha value is -0.680. The average Bonchev–Trinajstić information content (AvgIpc) is 2.41. The number of alkyl halides is 2. The SMILES string of the molecule is C=CCOCCOCC(O)COCC(O)COCC(O)(F)F. The van der Waals surface area contributed by atoms with Gasteiger partial charge < -0.3 is 34.3 Å². The van der Waals surface area contributed by atoms with Gasteiger partial charge in [-0.25, -0.2) is 0 Å². The molecule has 0 amide bonds. The molecule has 0 saturated carbocycles. The second-order valence-electron chi connectivity index (χ2n) is 4.46. The van der Waals surface area contributed by atoms with E-state index in [0.717, 1.165) is 0 Å². The van der Waals surface area contributed by atoms with Crippen LogP contribution in [0.1, 0.15) is 0 Å². The second-order valence-corrected chi connectivity index (χ2v) is 4.46. The van der Waals surface area contributed by atoms with Crippen molar-refractivity contribution in [1.82, 2.24) is 0 Å². The molecule has 0 aliphatic heterocycles. The fourth-order valence-corrected chi connectivity index (χ4v) is 1.26. The van der Waals surface area contributed by atoms with Crippen molar-refractivity contribution in [3.63, 3.8) is 0 Å². The van der Waals surface area contributed by atoms with E-state index in [9.17, 15) is 19.0 Å². The number of halogens is 2. The topological polar surface area (TPSA) is 97.6 Å². The van der Waals surface area contributed by atoms with Crippen LogP contribution in [0.25, 0.3) is 0 Å². The minimum atomic E-state index is -3.93. The largest absolute Gasteiger partial charge is 0.388 e. The number of ether oxygens (including phenoxy) is 4. The third-order valence-corrected chi connectivity index (χ3v) is 2.12. The molecule has 0 aliphatic carbocycles. The van der Waals surface area contributed by atoms with E-state index in [2.05, 4.69) is 11.3 Å². The van der Waals surface area contributed by atoms with Crippen LogP contribution >= 0.6 is 0 Å². The van der Waals surface area contributed by atoms with E-state index < -0.39 is 31.5 Å². The van der Waals surface area contributed by atoms with Crippen LogP contribution in [0.2, 0.25) is 0 Å². The van der Waals surface area contributed by atoms with Gasteiger partial charge in [0.1, 0.15) is 18.8 Å². The molecule has 7 nitrogen and oxygen atoms in total. The molecule has 9 heteroatoms. The van der Waals surface area contributed by atoms with E-state index in [1.54, 1.807) is 6.08 Å². The zero-order valence-corrected chi connectivity index (χ0v) is 12.3. The molecular formula is C13H24F2O7. The summed E-state index contributed by atoms with van der Waals surface area (Å²) in [6, 6.07) is 0. The van der Waals surface area contributed by atoms with E-state index >= 15 is 0 Å². The summed E-state index contributed by atoms with van der Waals surface area (Å²) >= 11 is 0. The molecule has 0 rings (SSSR count). The molecule has 0 fully saturated rings. The second kappa shape index (κ2) is 12.8. The van der Waals surface area contributed by atoms with Crippen molar-refractivity contribution in [3.05, 3.63) is 12.7 Å². The number of aliphatic hydroxyl groups excluding tert-OH is 2. The minimum absolute atomic E-state index is 0.0424. The van der Waals surface area contributed by atoms with Crippen LogP contribution in [-0.4, -0.2) is 86.5 Å². The van der Waals surface area contributed by atoms with Gasteiger partial charge in [-0.1, -0.05) is 6.08 Å². The Morgan fingerprint density at radius 3 is 1.95 bits per heavy atom. The van der Waals surface area contributed by atoms with Gasteiger partial charge in [-0.3, -0.25) is 0 Å². The number of hydrogen-bond donors (Lipinski definition) is 3. The molecule has 2 unspecified atom stereocenters. The van der Waals surface area contributed by atoms with E-state index in [0.29, 0.717) is 19.8 Å². The summed E-state index contributed by atoms with van der Waals surface area (Å²) in [7, 11) is 0. The summed E-state index contributed by atoms with van der Waals surface area (Å²) in [6.07, 6.45) is -4.33. The van der Waals surface area contributed by atoms with E-state index in [1.165, 1.54) is 0 Å². The summed E-state index contributed by atoms with van der Waals surface area (Å²) in [5.41, 5.74) is 0. The average molecular weight is 330 g/mol. The molecular weight excluding hydrogens is 306 g/mol. The van der Waals surface area contributed by atoms with E-state index in [4.69, 9.17) is 19.3 Å². The lowest BCUT2D eigenvalue weighted by Crippen LogP contribution is -2.30. The standard InChI is InChI=1S/C13H24F2O7/c1-2-3-19-4-5-20-6-11(16)7-21-8-12(17)9-22-10-13(14,15)18/h2,11-12,16-18H,1,3-10H2. The van der Waals surface area contributed by atoms with E-state index in [-0.39, 0.29) is 19.8 Å². The maximum absolute atomic E-state index is 12.0. The van der Waals surface area contributed by atoms with Gasteiger partial charge in [0.2, 0.25) is 0 Å². The van der Waals surface area contributed by atoms with Gasteiger partial charge >= 0.3 is 6.11 Å². The fraction of sp³-hybridized carbons (Fsp3) is 0.846. The molecule has 0 aromatic rings. The third kappa shape index (κ3) is 15.7. The van der Waals surface area contributed by atoms with Crippen LogP contribution in [0.5, 0.6) is 0 Å². The van der Waals surface area contributed by atoms with E-state index in [1.807, 2.05) is 0 Å². The Bertz CT molecular complexity index is 274. The van der Waals surface area contributed by atoms with Crippen LogP contribution in [0, 0.1) is 0 Å². The van der Waals surface area contributed by atoms with Crippen LogP contribution < -0.4 is 0 Å². The highest BCUT2D eigenvalue weighted by atomic mass is 19.3. The van der Waals surface area contributed by atoms with Crippen molar-refractivity contribution in [1.29, 1.82) is 0 Å². The van der Waals surface area contributed by atoms with Crippen molar-refractivity contribution < 1.29 is 43.0 Å². The molecule has 0 aliphatic rings. The lowest BCUT2D eigenvalue weighted by atomic mass is 10.4. The first kappa shape index (κ1) is 21.3. The molecule has 0 saturated heterocycles. The van der Waals surface area contributed by atoms with Crippen LogP contribution in [0.3, 0.4) is 0 Å². The van der Waals surface area contributed by atoms with Crippen molar-refractivity contribution in [2.45, 2.75) is 18.3 Å². The maximum Gasteiger partial charge on any atom is 0.376 e. The van der Waals surface area contributed by atoms with Crippen molar-refractivity contribution in [2.75, 3.05) is 52.9 Å². The molecule has 132 valence electrons. The predicted molar refractivity (Wildman–Crippen MR) is 72.7 cm³/mol. The Labute approximate surface area is 128 Å². The highest BCUT2D eigenvalue weighted by Crippen LogP contribution is 2.07. The zero-order chi connectivity index (χ0) is 16.8. The predicted octanol–water partition coefficient (Wildman–Crippen LogP) is -0.454. The summed E-state index contributed by atoms with van der Waals surface area (Å²) in [5.74, 6) is 0. The summed E-state index contributed by atoms with van der Waals surface area (Å²) in [4.78, 5) is 0. The van der Waals surface area contributed by atoms with Crippen molar-refractivity contribution in [3.8, 4) is 0 Å². The summed E-state index contributed by atoms with van der Waals surface area (Å²) < 4.78 is 43.6. The van der Waals surface area contributed by atoms with Crippen LogP contribution in [0.4, 0.5) is 8.78 Å². The van der Waals surface area contributed by atoms with Crippen LogP contribution in [0.15, 0.2) is 12.7 Å². The Balaban J connectivity index is 3.42. The Morgan fingerprint density at radius 1 is 0.909 bits per heavy atom. The lowest BCUT2D eigenvalue weighted by Gasteiger charge is -2.15. The molecule has 0 bridgehead atoms. The number of rotatable bonds is 15. The Kier molecular flexibility index (Phi) is 12.4. The maximum atomic E-state index is 12.0. The summed E-state index contributed by atoms with van der Waals surface area (Å²) in [6.45, 7) is 2.76. The first-order chi connectivity index (χ1) is 10.3. The number of hydrogen-bond acceptors (Lipinski definition) is 7. The highest BCUT2D eigenvalue weighted by Gasteiger charge is 2.24. The smallest absolute Gasteiger partial charge is 0.376 e. The normalized spacial score (nSPS) is 14.8. The first-order valence-electron chi connectivity index (χ1n) is 6.73. The molecule has 22 heavy (non-hydrogen) atoms. The summed E-state index contributed by atoms with van der Waals surface area (Å²) in [5, 5.41) is 26.9. The zero-order valence-electron chi connectivity index (χ0n) is 12.3. The number of aliphatic hydroxyl groups is 3. The molecule has 0 radical (unpaired) electrons. The molecule has 0 aromatic heterocycles. The van der Waals surface area contributed by atoms with Crippen LogP contribution in [-0.2, 0) is 18.9 Å². The van der Waals surface area contributed by atoms with Gasteiger partial charge in [-0.2, -0.15) is 8.78 Å². The molecule has 3 N–H and O–H groups in total. The monoisotopic (exact) mass is 330 g/mol. The van der Waals surface area contributed by atoms with Crippen molar-refractivity contribution in [2.24, 2.45) is 0 Å². The van der Waals surface area contributed by atoms with Gasteiger partial charge in [-0.05, 0) is 0 Å². The highest BCUT2D eigenvalue weighted by molar-refractivity contribution is 4.63. The Morgan fingerprint density at radius 2 is 1.41 bits per heavy atom. The van der Waals surface area contributed by atoms with Crippen molar-refractivity contribution >= 4 is 0 Å². The lowest BCUT2D eigenvalue weighted by molar-refractivity contribution is -0.235. The minimum Gasteiger partial charge on any atom is -0.388 e. The van der Waals surface area contributed by atoms with Gasteiger partial charge in [0.05, 0.1) is 46.2 Å². The molecule has 0 aromatic carbocycles. The third-order valence-electron chi connectivity index (χ3n) is 2.12. The molecule has 0 heterocycles. The van der Waals surface area contributed by atoms with Gasteiger partial charge in [0.15, 0.2) is 0 Å². The van der Waals surface area contributed by atoms with Gasteiger partial charge in [-0.15, -0.1) is 6.58 Å². The first-order valence-corrected chi connectivity index (χ1v) is 6.73.